The Labute approximate surface area is 153 Å². The quantitative estimate of drug-likeness (QED) is 0.589. The number of benzene rings is 1. The monoisotopic (exact) mass is 390 g/mol. The molecular formula is C15H14N6O3S2. The van der Waals surface area contributed by atoms with Gasteiger partial charge < -0.3 is 10.6 Å². The molecule has 0 saturated heterocycles. The summed E-state index contributed by atoms with van der Waals surface area (Å²) in [5.41, 5.74) is 1.01. The number of hydrogen-bond donors (Lipinski definition) is 3. The van der Waals surface area contributed by atoms with Gasteiger partial charge >= 0.3 is 0 Å². The Balaban J connectivity index is 1.68. The van der Waals surface area contributed by atoms with E-state index in [4.69, 9.17) is 0 Å². The van der Waals surface area contributed by atoms with Crippen molar-refractivity contribution in [2.45, 2.75) is 0 Å². The van der Waals surface area contributed by atoms with Crippen LogP contribution in [0.1, 0.15) is 10.5 Å². The van der Waals surface area contributed by atoms with Gasteiger partial charge in [0.05, 0.1) is 11.9 Å². The van der Waals surface area contributed by atoms with Crippen molar-refractivity contribution in [1.29, 1.82) is 0 Å². The minimum Gasteiger partial charge on any atom is -0.321 e. The molecule has 2 aromatic heterocycles. The highest BCUT2D eigenvalue weighted by Crippen LogP contribution is 2.20. The second-order valence-electron chi connectivity index (χ2n) is 5.14. The summed E-state index contributed by atoms with van der Waals surface area (Å²) < 4.78 is 24.9. The molecule has 2 heterocycles. The number of carbonyl (C=O) groups excluding carboxylic acids is 1. The molecular weight excluding hydrogens is 376 g/mol. The van der Waals surface area contributed by atoms with Crippen LogP contribution in [0.15, 0.2) is 48.1 Å². The van der Waals surface area contributed by atoms with Gasteiger partial charge in [0.15, 0.2) is 5.13 Å². The second-order valence-corrected chi connectivity index (χ2v) is 7.75. The van der Waals surface area contributed by atoms with Crippen LogP contribution in [0.3, 0.4) is 0 Å². The van der Waals surface area contributed by atoms with Crippen LogP contribution in [0.4, 0.5) is 22.5 Å². The maximum atomic E-state index is 12.3. The van der Waals surface area contributed by atoms with Gasteiger partial charge in [0.1, 0.15) is 5.69 Å². The van der Waals surface area contributed by atoms with Crippen molar-refractivity contribution in [2.24, 2.45) is 0 Å². The van der Waals surface area contributed by atoms with Crippen LogP contribution in [0.25, 0.3) is 0 Å². The van der Waals surface area contributed by atoms with Crippen molar-refractivity contribution < 1.29 is 13.2 Å². The molecule has 0 atom stereocenters. The molecule has 3 N–H and O–H groups in total. The van der Waals surface area contributed by atoms with Gasteiger partial charge in [-0.1, -0.05) is 6.07 Å². The van der Waals surface area contributed by atoms with E-state index in [0.29, 0.717) is 22.5 Å². The van der Waals surface area contributed by atoms with E-state index >= 15 is 0 Å². The van der Waals surface area contributed by atoms with Crippen LogP contribution < -0.4 is 15.4 Å². The standard InChI is InChI=1S/C15H14N6O3S2/c1-26(23,24)21-11-5-2-4-10(8-11)18-13(22)12-9-25-15(19-12)20-14-16-6-3-7-17-14/h2-9,21H,1H3,(H,18,22)(H,16,17,19,20). The fraction of sp³-hybridized carbons (Fsp3) is 0.0667. The first-order valence-corrected chi connectivity index (χ1v) is 10.0. The van der Waals surface area contributed by atoms with Crippen LogP contribution in [0.2, 0.25) is 0 Å². The van der Waals surface area contributed by atoms with Gasteiger partial charge in [-0.15, -0.1) is 11.3 Å². The second kappa shape index (κ2) is 7.45. The molecule has 0 bridgehead atoms. The number of rotatable bonds is 6. The summed E-state index contributed by atoms with van der Waals surface area (Å²) in [5, 5.41) is 7.66. The lowest BCUT2D eigenvalue weighted by Gasteiger charge is -2.07. The average molecular weight is 390 g/mol. The van der Waals surface area contributed by atoms with E-state index in [1.807, 2.05) is 0 Å². The SMILES string of the molecule is CS(=O)(=O)Nc1cccc(NC(=O)c2csc(Nc3ncccn3)n2)c1. The average Bonchev–Trinajstić information content (AvgIpc) is 3.03. The van der Waals surface area contributed by atoms with Crippen molar-refractivity contribution in [3.63, 3.8) is 0 Å². The van der Waals surface area contributed by atoms with E-state index < -0.39 is 15.9 Å². The number of nitrogens with zero attached hydrogens (tertiary/aromatic N) is 3. The molecule has 1 aromatic carbocycles. The molecule has 0 radical (unpaired) electrons. The van der Waals surface area contributed by atoms with Gasteiger partial charge in [0.2, 0.25) is 16.0 Å². The maximum absolute atomic E-state index is 12.3. The van der Waals surface area contributed by atoms with E-state index in [0.717, 1.165) is 6.26 Å². The molecule has 11 heteroatoms. The predicted molar refractivity (Wildman–Crippen MR) is 100 cm³/mol. The highest BCUT2D eigenvalue weighted by Gasteiger charge is 2.12. The minimum absolute atomic E-state index is 0.218. The molecule has 0 saturated carbocycles. The Bertz CT molecular complexity index is 1020. The third kappa shape index (κ3) is 4.97. The summed E-state index contributed by atoms with van der Waals surface area (Å²) in [7, 11) is -3.39. The van der Waals surface area contributed by atoms with Crippen LogP contribution in [-0.4, -0.2) is 35.5 Å². The summed E-state index contributed by atoms with van der Waals surface area (Å²) in [6.07, 6.45) is 4.24. The van der Waals surface area contributed by atoms with Crippen molar-refractivity contribution in [3.8, 4) is 0 Å². The van der Waals surface area contributed by atoms with Crippen molar-refractivity contribution in [3.05, 3.63) is 53.8 Å². The third-order valence-electron chi connectivity index (χ3n) is 2.95. The largest absolute Gasteiger partial charge is 0.321 e. The number of carbonyl (C=O) groups is 1. The summed E-state index contributed by atoms with van der Waals surface area (Å²) in [6, 6.07) is 8.07. The number of hydrogen-bond acceptors (Lipinski definition) is 8. The molecule has 0 unspecified atom stereocenters. The van der Waals surface area contributed by atoms with Gasteiger partial charge in [0, 0.05) is 23.5 Å². The molecule has 134 valence electrons. The first-order chi connectivity index (χ1) is 12.4. The molecule has 0 aliphatic carbocycles. The number of thiazole rings is 1. The Hall–Kier alpha value is -3.05. The van der Waals surface area contributed by atoms with Crippen molar-refractivity contribution in [1.82, 2.24) is 15.0 Å². The lowest BCUT2D eigenvalue weighted by Crippen LogP contribution is -2.13. The van der Waals surface area contributed by atoms with Gasteiger partial charge in [-0.05, 0) is 24.3 Å². The molecule has 0 fully saturated rings. The Morgan fingerprint density at radius 3 is 2.58 bits per heavy atom. The van der Waals surface area contributed by atoms with Gasteiger partial charge in [-0.2, -0.15) is 0 Å². The van der Waals surface area contributed by atoms with Crippen LogP contribution in [0, 0.1) is 0 Å². The highest BCUT2D eigenvalue weighted by molar-refractivity contribution is 7.92. The Kier molecular flexibility index (Phi) is 5.09. The number of anilines is 4. The topological polar surface area (TPSA) is 126 Å². The molecule has 9 nitrogen and oxygen atoms in total. The number of aromatic nitrogens is 3. The zero-order valence-electron chi connectivity index (χ0n) is 13.5. The third-order valence-corrected chi connectivity index (χ3v) is 4.31. The van der Waals surface area contributed by atoms with Crippen LogP contribution >= 0.6 is 11.3 Å². The molecule has 26 heavy (non-hydrogen) atoms. The zero-order chi connectivity index (χ0) is 18.6. The zero-order valence-corrected chi connectivity index (χ0v) is 15.1. The summed E-state index contributed by atoms with van der Waals surface area (Å²) in [4.78, 5) is 24.5. The molecule has 1 amide bonds. The summed E-state index contributed by atoms with van der Waals surface area (Å²) in [6.45, 7) is 0. The minimum atomic E-state index is -3.39. The van der Waals surface area contributed by atoms with Gasteiger partial charge in [0.25, 0.3) is 5.91 Å². The number of sulfonamides is 1. The van der Waals surface area contributed by atoms with E-state index in [9.17, 15) is 13.2 Å². The predicted octanol–water partition coefficient (Wildman–Crippen LogP) is 2.30. The van der Waals surface area contributed by atoms with Crippen LogP contribution in [-0.2, 0) is 10.0 Å². The molecule has 0 aliphatic heterocycles. The fourth-order valence-electron chi connectivity index (χ4n) is 1.96. The summed E-state index contributed by atoms with van der Waals surface area (Å²) in [5.74, 6) is -0.0341. The molecule has 0 aliphatic rings. The van der Waals surface area contributed by atoms with Crippen LogP contribution in [0.5, 0.6) is 0 Å². The van der Waals surface area contributed by atoms with Crippen molar-refractivity contribution >= 4 is 49.7 Å². The number of amides is 1. The fourth-order valence-corrected chi connectivity index (χ4v) is 3.20. The molecule has 0 spiro atoms. The Morgan fingerprint density at radius 1 is 1.12 bits per heavy atom. The first kappa shape index (κ1) is 17.8. The Morgan fingerprint density at radius 2 is 1.85 bits per heavy atom. The maximum Gasteiger partial charge on any atom is 0.275 e. The summed E-state index contributed by atoms with van der Waals surface area (Å²) >= 11 is 1.24. The van der Waals surface area contributed by atoms with E-state index in [1.165, 1.54) is 17.4 Å². The smallest absolute Gasteiger partial charge is 0.275 e. The van der Waals surface area contributed by atoms with Gasteiger partial charge in [-0.25, -0.2) is 23.4 Å². The first-order valence-electron chi connectivity index (χ1n) is 7.28. The number of nitrogens with one attached hydrogen (secondary N) is 3. The normalized spacial score (nSPS) is 11.0. The molecule has 3 aromatic rings. The van der Waals surface area contributed by atoms with E-state index in [-0.39, 0.29) is 5.69 Å². The van der Waals surface area contributed by atoms with E-state index in [1.54, 1.807) is 42.0 Å². The lowest BCUT2D eigenvalue weighted by molar-refractivity contribution is 0.102. The lowest BCUT2D eigenvalue weighted by atomic mass is 10.3. The highest BCUT2D eigenvalue weighted by atomic mass is 32.2. The van der Waals surface area contributed by atoms with Gasteiger partial charge in [-0.3, -0.25) is 9.52 Å². The van der Waals surface area contributed by atoms with E-state index in [2.05, 4.69) is 30.3 Å². The molecule has 3 rings (SSSR count). The van der Waals surface area contributed by atoms with Crippen molar-refractivity contribution in [2.75, 3.05) is 21.6 Å².